The molecule has 0 fully saturated rings. The zero-order chi connectivity index (χ0) is 17.5. The fourth-order valence-electron chi connectivity index (χ4n) is 1.89. The highest BCUT2D eigenvalue weighted by molar-refractivity contribution is 6.29. The molecule has 2 rings (SSSR count). The van der Waals surface area contributed by atoms with E-state index in [0.29, 0.717) is 23.7 Å². The number of methoxy groups -OCH3 is 1. The lowest BCUT2D eigenvalue weighted by Gasteiger charge is -2.11. The van der Waals surface area contributed by atoms with E-state index in [1.54, 1.807) is 12.1 Å². The second-order valence-corrected chi connectivity index (χ2v) is 4.96. The molecule has 0 aliphatic carbocycles. The van der Waals surface area contributed by atoms with E-state index >= 15 is 0 Å². The van der Waals surface area contributed by atoms with Gasteiger partial charge in [-0.15, -0.1) is 0 Å². The number of aromatic nitrogens is 1. The van der Waals surface area contributed by atoms with Gasteiger partial charge in [0.15, 0.2) is 11.5 Å². The van der Waals surface area contributed by atoms with Crippen molar-refractivity contribution in [2.45, 2.75) is 6.92 Å². The van der Waals surface area contributed by atoms with E-state index in [2.05, 4.69) is 15.8 Å². The molecule has 2 aromatic rings. The van der Waals surface area contributed by atoms with Gasteiger partial charge in [-0.2, -0.15) is 0 Å². The second kappa shape index (κ2) is 8.16. The summed E-state index contributed by atoms with van der Waals surface area (Å²) in [4.78, 5) is 27.8. The molecular weight excluding hydrogens is 334 g/mol. The number of pyridine rings is 1. The van der Waals surface area contributed by atoms with Gasteiger partial charge in [0.2, 0.25) is 0 Å². The lowest BCUT2D eigenvalue weighted by atomic mass is 10.2. The van der Waals surface area contributed by atoms with Crippen molar-refractivity contribution in [1.29, 1.82) is 0 Å². The topological polar surface area (TPSA) is 89.6 Å². The van der Waals surface area contributed by atoms with Crippen molar-refractivity contribution < 1.29 is 19.1 Å². The lowest BCUT2D eigenvalue weighted by Crippen LogP contribution is -2.41. The molecule has 0 aliphatic heterocycles. The maximum absolute atomic E-state index is 12.1. The number of benzene rings is 1. The van der Waals surface area contributed by atoms with Crippen LogP contribution in [-0.2, 0) is 0 Å². The van der Waals surface area contributed by atoms with Crippen molar-refractivity contribution in [3.63, 3.8) is 0 Å². The van der Waals surface area contributed by atoms with Gasteiger partial charge in [0, 0.05) is 17.3 Å². The molecule has 0 atom stereocenters. The van der Waals surface area contributed by atoms with Gasteiger partial charge in [-0.05, 0) is 37.3 Å². The van der Waals surface area contributed by atoms with Gasteiger partial charge in [-0.1, -0.05) is 11.6 Å². The molecule has 24 heavy (non-hydrogen) atoms. The van der Waals surface area contributed by atoms with Crippen LogP contribution in [0.1, 0.15) is 27.6 Å². The maximum Gasteiger partial charge on any atom is 0.269 e. The van der Waals surface area contributed by atoms with Gasteiger partial charge in [-0.25, -0.2) is 4.98 Å². The monoisotopic (exact) mass is 349 g/mol. The van der Waals surface area contributed by atoms with Gasteiger partial charge >= 0.3 is 0 Å². The number of nitrogens with zero attached hydrogens (tertiary/aromatic N) is 1. The van der Waals surface area contributed by atoms with Gasteiger partial charge < -0.3 is 9.47 Å². The maximum atomic E-state index is 12.1. The normalized spacial score (nSPS) is 9.96. The summed E-state index contributed by atoms with van der Waals surface area (Å²) in [7, 11) is 1.48. The minimum Gasteiger partial charge on any atom is -0.493 e. The molecule has 0 aliphatic rings. The summed E-state index contributed by atoms with van der Waals surface area (Å²) in [5.41, 5.74) is 5.21. The fraction of sp³-hybridized carbons (Fsp3) is 0.188. The number of hydrogen-bond acceptors (Lipinski definition) is 5. The van der Waals surface area contributed by atoms with Crippen molar-refractivity contribution in [3.8, 4) is 11.5 Å². The Morgan fingerprint density at radius 2 is 1.75 bits per heavy atom. The quantitative estimate of drug-likeness (QED) is 0.638. The van der Waals surface area contributed by atoms with Crippen LogP contribution in [0.3, 0.4) is 0 Å². The standard InChI is InChI=1S/C16H16ClN3O4/c1-3-24-12-5-4-10(8-13(12)23-2)15(21)19-20-16(22)11-6-7-18-14(17)9-11/h4-9H,3H2,1-2H3,(H,19,21)(H,20,22). The van der Waals surface area contributed by atoms with Crippen molar-refractivity contribution in [1.82, 2.24) is 15.8 Å². The number of hydrazine groups is 1. The minimum atomic E-state index is -0.509. The number of ether oxygens (including phenoxy) is 2. The number of amides is 2. The van der Waals surface area contributed by atoms with E-state index < -0.39 is 11.8 Å². The van der Waals surface area contributed by atoms with Crippen molar-refractivity contribution in [2.75, 3.05) is 13.7 Å². The molecule has 2 amide bonds. The molecule has 1 aromatic heterocycles. The Bertz CT molecular complexity index is 752. The first-order chi connectivity index (χ1) is 11.5. The molecule has 1 aromatic carbocycles. The third-order valence-electron chi connectivity index (χ3n) is 3.00. The van der Waals surface area contributed by atoms with Crippen LogP contribution in [0, 0.1) is 0 Å². The lowest BCUT2D eigenvalue weighted by molar-refractivity contribution is 0.0846. The zero-order valence-electron chi connectivity index (χ0n) is 13.1. The molecule has 0 unspecified atom stereocenters. The van der Waals surface area contributed by atoms with Crippen LogP contribution < -0.4 is 20.3 Å². The van der Waals surface area contributed by atoms with Crippen molar-refractivity contribution >= 4 is 23.4 Å². The largest absolute Gasteiger partial charge is 0.493 e. The fourth-order valence-corrected chi connectivity index (χ4v) is 2.06. The number of carbonyl (C=O) groups excluding carboxylic acids is 2. The predicted octanol–water partition coefficient (Wildman–Crippen LogP) is 2.22. The Labute approximate surface area is 143 Å². The smallest absolute Gasteiger partial charge is 0.269 e. The molecular formula is C16H16ClN3O4. The summed E-state index contributed by atoms with van der Waals surface area (Å²) in [6.07, 6.45) is 1.40. The number of rotatable bonds is 5. The summed E-state index contributed by atoms with van der Waals surface area (Å²) >= 11 is 5.72. The Morgan fingerprint density at radius 1 is 1.08 bits per heavy atom. The first kappa shape index (κ1) is 17.6. The van der Waals surface area contributed by atoms with Gasteiger partial charge in [0.05, 0.1) is 13.7 Å². The van der Waals surface area contributed by atoms with Crippen LogP contribution in [-0.4, -0.2) is 30.5 Å². The summed E-state index contributed by atoms with van der Waals surface area (Å²) < 4.78 is 10.6. The average Bonchev–Trinajstić information content (AvgIpc) is 2.60. The molecule has 0 radical (unpaired) electrons. The molecule has 0 saturated heterocycles. The zero-order valence-corrected chi connectivity index (χ0v) is 13.9. The summed E-state index contributed by atoms with van der Waals surface area (Å²) in [5.74, 6) is -0.0424. The van der Waals surface area contributed by atoms with Gasteiger partial charge in [-0.3, -0.25) is 20.4 Å². The number of carbonyl (C=O) groups is 2. The van der Waals surface area contributed by atoms with E-state index in [9.17, 15) is 9.59 Å². The molecule has 1 heterocycles. The molecule has 2 N–H and O–H groups in total. The number of nitrogens with one attached hydrogen (secondary N) is 2. The van der Waals surface area contributed by atoms with Crippen LogP contribution in [0.5, 0.6) is 11.5 Å². The molecule has 126 valence electrons. The summed E-state index contributed by atoms with van der Waals surface area (Å²) in [5, 5.41) is 0.185. The molecule has 8 heteroatoms. The Morgan fingerprint density at radius 3 is 2.33 bits per heavy atom. The van der Waals surface area contributed by atoms with E-state index in [4.69, 9.17) is 21.1 Å². The van der Waals surface area contributed by atoms with Crippen LogP contribution >= 0.6 is 11.6 Å². The Kier molecular flexibility index (Phi) is 5.97. The summed E-state index contributed by atoms with van der Waals surface area (Å²) in [6.45, 7) is 2.33. The van der Waals surface area contributed by atoms with Gasteiger partial charge in [0.1, 0.15) is 5.15 Å². The Hall–Kier alpha value is -2.80. The van der Waals surface area contributed by atoms with E-state index in [1.165, 1.54) is 31.5 Å². The van der Waals surface area contributed by atoms with E-state index in [1.807, 2.05) is 6.92 Å². The third kappa shape index (κ3) is 4.36. The van der Waals surface area contributed by atoms with Crippen molar-refractivity contribution in [3.05, 3.63) is 52.8 Å². The molecule has 7 nitrogen and oxygen atoms in total. The highest BCUT2D eigenvalue weighted by Crippen LogP contribution is 2.27. The highest BCUT2D eigenvalue weighted by atomic mass is 35.5. The molecule has 0 bridgehead atoms. The average molecular weight is 350 g/mol. The second-order valence-electron chi connectivity index (χ2n) is 4.57. The van der Waals surface area contributed by atoms with Gasteiger partial charge in [0.25, 0.3) is 11.8 Å². The van der Waals surface area contributed by atoms with E-state index in [0.717, 1.165) is 0 Å². The molecule has 0 saturated carbocycles. The summed E-state index contributed by atoms with van der Waals surface area (Å²) in [6, 6.07) is 7.59. The minimum absolute atomic E-state index is 0.185. The first-order valence-corrected chi connectivity index (χ1v) is 7.46. The SMILES string of the molecule is CCOc1ccc(C(=O)NNC(=O)c2ccnc(Cl)c2)cc1OC. The van der Waals surface area contributed by atoms with Crippen LogP contribution in [0.15, 0.2) is 36.5 Å². The Balaban J connectivity index is 2.03. The predicted molar refractivity (Wildman–Crippen MR) is 88.3 cm³/mol. The number of halogens is 1. The highest BCUT2D eigenvalue weighted by Gasteiger charge is 2.13. The van der Waals surface area contributed by atoms with Crippen LogP contribution in [0.4, 0.5) is 0 Å². The van der Waals surface area contributed by atoms with E-state index in [-0.39, 0.29) is 10.7 Å². The first-order valence-electron chi connectivity index (χ1n) is 7.08. The third-order valence-corrected chi connectivity index (χ3v) is 3.21. The van der Waals surface area contributed by atoms with Crippen LogP contribution in [0.25, 0.3) is 0 Å². The van der Waals surface area contributed by atoms with Crippen molar-refractivity contribution in [2.24, 2.45) is 0 Å². The number of hydrogen-bond donors (Lipinski definition) is 2. The molecule has 0 spiro atoms. The van der Waals surface area contributed by atoms with Crippen LogP contribution in [0.2, 0.25) is 5.15 Å².